The van der Waals surface area contributed by atoms with E-state index in [1.807, 2.05) is 6.07 Å². The first-order valence-electron chi connectivity index (χ1n) is 6.18. The van der Waals surface area contributed by atoms with Crippen LogP contribution in [0.15, 0.2) is 30.3 Å². The molecule has 1 aromatic carbocycles. The quantitative estimate of drug-likeness (QED) is 0.753. The summed E-state index contributed by atoms with van der Waals surface area (Å²) in [6, 6.07) is 10.5. The molecule has 2 nitrogen and oxygen atoms in total. The van der Waals surface area contributed by atoms with Gasteiger partial charge >= 0.3 is 0 Å². The Kier molecular flexibility index (Phi) is 5.98. The minimum absolute atomic E-state index is 0.593. The van der Waals surface area contributed by atoms with Crippen LogP contribution in [0.1, 0.15) is 26.7 Å². The molecule has 94 valence electrons. The van der Waals surface area contributed by atoms with Gasteiger partial charge in [0.1, 0.15) is 0 Å². The zero-order valence-electron chi connectivity index (χ0n) is 10.7. The number of rotatable bonds is 7. The molecular formula is C14H22N2S. The van der Waals surface area contributed by atoms with E-state index in [1.165, 1.54) is 12.1 Å². The van der Waals surface area contributed by atoms with Gasteiger partial charge in [0, 0.05) is 25.2 Å². The predicted octanol–water partition coefficient (Wildman–Crippen LogP) is 3.22. The lowest BCUT2D eigenvalue weighted by atomic mass is 10.1. The van der Waals surface area contributed by atoms with Crippen molar-refractivity contribution in [3.63, 3.8) is 0 Å². The average Bonchev–Trinajstić information content (AvgIpc) is 2.29. The van der Waals surface area contributed by atoms with Gasteiger partial charge in [-0.2, -0.15) is 0 Å². The Morgan fingerprint density at radius 1 is 1.24 bits per heavy atom. The first-order chi connectivity index (χ1) is 8.09. The molecule has 0 heterocycles. The molecule has 0 spiro atoms. The molecule has 0 aromatic heterocycles. The molecule has 17 heavy (non-hydrogen) atoms. The standard InChI is InChI=1S/C14H22N2S/c1-12(2)8-10-16(11-9-14(15)17)13-6-4-3-5-7-13/h3-7,12H,8-11H2,1-2H3,(H2,15,17). The monoisotopic (exact) mass is 250 g/mol. The fourth-order valence-electron chi connectivity index (χ4n) is 1.67. The fourth-order valence-corrected chi connectivity index (χ4v) is 1.76. The van der Waals surface area contributed by atoms with Gasteiger partial charge in [-0.25, -0.2) is 0 Å². The van der Waals surface area contributed by atoms with Crippen molar-refractivity contribution in [2.75, 3.05) is 18.0 Å². The van der Waals surface area contributed by atoms with Crippen LogP contribution in [-0.2, 0) is 0 Å². The average molecular weight is 250 g/mol. The first kappa shape index (κ1) is 14.0. The minimum Gasteiger partial charge on any atom is -0.393 e. The number of thiocarbonyl (C=S) groups is 1. The summed E-state index contributed by atoms with van der Waals surface area (Å²) in [5, 5.41) is 0. The van der Waals surface area contributed by atoms with Crippen LogP contribution >= 0.6 is 12.2 Å². The number of anilines is 1. The van der Waals surface area contributed by atoms with Crippen molar-refractivity contribution in [3.05, 3.63) is 30.3 Å². The van der Waals surface area contributed by atoms with Crippen molar-refractivity contribution in [1.29, 1.82) is 0 Å². The van der Waals surface area contributed by atoms with Crippen molar-refractivity contribution in [1.82, 2.24) is 0 Å². The van der Waals surface area contributed by atoms with Crippen LogP contribution in [0.25, 0.3) is 0 Å². The molecule has 0 bridgehead atoms. The third-order valence-electron chi connectivity index (χ3n) is 2.73. The lowest BCUT2D eigenvalue weighted by Gasteiger charge is -2.25. The van der Waals surface area contributed by atoms with E-state index in [-0.39, 0.29) is 0 Å². The van der Waals surface area contributed by atoms with Crippen LogP contribution in [0.4, 0.5) is 5.69 Å². The Morgan fingerprint density at radius 2 is 1.88 bits per heavy atom. The topological polar surface area (TPSA) is 29.3 Å². The van der Waals surface area contributed by atoms with E-state index in [4.69, 9.17) is 18.0 Å². The summed E-state index contributed by atoms with van der Waals surface area (Å²) in [7, 11) is 0. The maximum Gasteiger partial charge on any atom is 0.0745 e. The summed E-state index contributed by atoms with van der Waals surface area (Å²) in [6.07, 6.45) is 1.97. The molecule has 0 aliphatic carbocycles. The molecular weight excluding hydrogens is 228 g/mol. The van der Waals surface area contributed by atoms with E-state index in [1.54, 1.807) is 0 Å². The van der Waals surface area contributed by atoms with Crippen molar-refractivity contribution in [3.8, 4) is 0 Å². The van der Waals surface area contributed by atoms with Crippen molar-refractivity contribution < 1.29 is 0 Å². The summed E-state index contributed by atoms with van der Waals surface area (Å²) in [4.78, 5) is 2.95. The minimum atomic E-state index is 0.593. The number of nitrogens with zero attached hydrogens (tertiary/aromatic N) is 1. The maximum atomic E-state index is 5.58. The summed E-state index contributed by atoms with van der Waals surface area (Å²) in [5.41, 5.74) is 6.83. The molecule has 0 atom stereocenters. The van der Waals surface area contributed by atoms with Crippen LogP contribution in [-0.4, -0.2) is 18.1 Å². The normalized spacial score (nSPS) is 10.5. The van der Waals surface area contributed by atoms with Gasteiger partial charge in [-0.3, -0.25) is 0 Å². The lowest BCUT2D eigenvalue weighted by Crippen LogP contribution is -2.29. The molecule has 0 saturated heterocycles. The zero-order valence-corrected chi connectivity index (χ0v) is 11.5. The van der Waals surface area contributed by atoms with Crippen molar-refractivity contribution in [2.45, 2.75) is 26.7 Å². The highest BCUT2D eigenvalue weighted by atomic mass is 32.1. The van der Waals surface area contributed by atoms with Crippen molar-refractivity contribution in [2.24, 2.45) is 11.7 Å². The smallest absolute Gasteiger partial charge is 0.0745 e. The Balaban J connectivity index is 2.61. The predicted molar refractivity (Wildman–Crippen MR) is 79.5 cm³/mol. The van der Waals surface area contributed by atoms with Gasteiger partial charge < -0.3 is 10.6 Å². The Morgan fingerprint density at radius 3 is 2.41 bits per heavy atom. The first-order valence-corrected chi connectivity index (χ1v) is 6.58. The second-order valence-electron chi connectivity index (χ2n) is 4.72. The third kappa shape index (κ3) is 5.68. The SMILES string of the molecule is CC(C)CCN(CCC(N)=S)c1ccccc1. The van der Waals surface area contributed by atoms with E-state index in [0.29, 0.717) is 10.9 Å². The van der Waals surface area contributed by atoms with Gasteiger partial charge in [0.25, 0.3) is 0 Å². The zero-order chi connectivity index (χ0) is 12.7. The van der Waals surface area contributed by atoms with Crippen LogP contribution in [0.2, 0.25) is 0 Å². The van der Waals surface area contributed by atoms with Crippen molar-refractivity contribution >= 4 is 22.9 Å². The highest BCUT2D eigenvalue weighted by Gasteiger charge is 2.07. The summed E-state index contributed by atoms with van der Waals surface area (Å²) >= 11 is 4.95. The number of hydrogen-bond acceptors (Lipinski definition) is 2. The molecule has 0 aliphatic heterocycles. The van der Waals surface area contributed by atoms with E-state index < -0.39 is 0 Å². The number of benzene rings is 1. The van der Waals surface area contributed by atoms with Gasteiger partial charge in [-0.1, -0.05) is 44.3 Å². The molecule has 0 unspecified atom stereocenters. The molecule has 0 amide bonds. The fraction of sp³-hybridized carbons (Fsp3) is 0.500. The molecule has 0 aliphatic rings. The lowest BCUT2D eigenvalue weighted by molar-refractivity contribution is 0.574. The third-order valence-corrected chi connectivity index (χ3v) is 2.93. The van der Waals surface area contributed by atoms with Crippen LogP contribution < -0.4 is 10.6 Å². The number of para-hydroxylation sites is 1. The molecule has 1 rings (SSSR count). The van der Waals surface area contributed by atoms with E-state index >= 15 is 0 Å². The van der Waals surface area contributed by atoms with Crippen LogP contribution in [0, 0.1) is 5.92 Å². The largest absolute Gasteiger partial charge is 0.393 e. The van der Waals surface area contributed by atoms with Gasteiger partial charge in [-0.15, -0.1) is 0 Å². The Hall–Kier alpha value is -1.09. The second kappa shape index (κ2) is 7.28. The summed E-state index contributed by atoms with van der Waals surface area (Å²) < 4.78 is 0. The highest BCUT2D eigenvalue weighted by molar-refractivity contribution is 7.80. The van der Waals surface area contributed by atoms with Gasteiger partial charge in [0.2, 0.25) is 0 Å². The maximum absolute atomic E-state index is 5.58. The second-order valence-corrected chi connectivity index (χ2v) is 5.25. The van der Waals surface area contributed by atoms with E-state index in [0.717, 1.165) is 19.5 Å². The molecule has 0 fully saturated rings. The molecule has 3 heteroatoms. The Labute approximate surface area is 110 Å². The van der Waals surface area contributed by atoms with E-state index in [2.05, 4.69) is 43.0 Å². The van der Waals surface area contributed by atoms with Crippen LogP contribution in [0.5, 0.6) is 0 Å². The molecule has 0 radical (unpaired) electrons. The van der Waals surface area contributed by atoms with Gasteiger partial charge in [0.05, 0.1) is 4.99 Å². The van der Waals surface area contributed by atoms with Gasteiger partial charge in [-0.05, 0) is 24.5 Å². The molecule has 2 N–H and O–H groups in total. The summed E-state index contributed by atoms with van der Waals surface area (Å²) in [5.74, 6) is 0.714. The highest BCUT2D eigenvalue weighted by Crippen LogP contribution is 2.15. The number of hydrogen-bond donors (Lipinski definition) is 1. The summed E-state index contributed by atoms with van der Waals surface area (Å²) in [6.45, 7) is 6.46. The van der Waals surface area contributed by atoms with Gasteiger partial charge in [0.15, 0.2) is 0 Å². The Bertz CT molecular complexity index is 335. The van der Waals surface area contributed by atoms with Crippen LogP contribution in [0.3, 0.4) is 0 Å². The van der Waals surface area contributed by atoms with E-state index in [9.17, 15) is 0 Å². The number of nitrogens with two attached hydrogens (primary N) is 1. The molecule has 1 aromatic rings. The molecule has 0 saturated carbocycles.